The van der Waals surface area contributed by atoms with Crippen LogP contribution in [0.25, 0.3) is 0 Å². The zero-order valence-electron chi connectivity index (χ0n) is 11.0. The molecule has 3 aliphatic heterocycles. The predicted octanol–water partition coefficient (Wildman–Crippen LogP) is 2.91. The average molecular weight is 283 g/mol. The third-order valence-corrected chi connectivity index (χ3v) is 4.44. The molecule has 108 valence electrons. The van der Waals surface area contributed by atoms with Gasteiger partial charge in [-0.1, -0.05) is 18.2 Å². The minimum Gasteiger partial charge on any atom is -0.298 e. The molecule has 0 aliphatic carbocycles. The summed E-state index contributed by atoms with van der Waals surface area (Å²) in [4.78, 5) is 14.3. The Morgan fingerprint density at radius 2 is 1.80 bits per heavy atom. The molecule has 3 fully saturated rings. The quantitative estimate of drug-likeness (QED) is 0.832. The van der Waals surface area contributed by atoms with Gasteiger partial charge in [0, 0.05) is 5.92 Å². The molecular formula is C15H16F3NO. The number of hydrogen-bond donors (Lipinski definition) is 0. The Morgan fingerprint density at radius 1 is 1.15 bits per heavy atom. The molecule has 3 heterocycles. The lowest BCUT2D eigenvalue weighted by Gasteiger charge is -2.44. The Morgan fingerprint density at radius 3 is 2.40 bits per heavy atom. The molecule has 3 saturated heterocycles. The molecular weight excluding hydrogens is 267 g/mol. The summed E-state index contributed by atoms with van der Waals surface area (Å²) in [5.74, 6) is 0.183. The molecule has 1 atom stereocenters. The van der Waals surface area contributed by atoms with Gasteiger partial charge in [-0.3, -0.25) is 9.69 Å². The standard InChI is InChI=1S/C15H16F3NO/c16-15(17,18)12-4-2-1-3-11(12)9-13-14(20)10-5-7-19(13)8-6-10/h1-4,10,13H,5-9H2. The monoisotopic (exact) mass is 283 g/mol. The molecule has 4 rings (SSSR count). The van der Waals surface area contributed by atoms with Gasteiger partial charge in [-0.2, -0.15) is 13.2 Å². The minimum absolute atomic E-state index is 0.0584. The molecule has 5 heteroatoms. The number of carbonyl (C=O) groups excluding carboxylic acids is 1. The van der Waals surface area contributed by atoms with Gasteiger partial charge in [-0.15, -0.1) is 0 Å². The highest BCUT2D eigenvalue weighted by Gasteiger charge is 2.42. The van der Waals surface area contributed by atoms with Crippen molar-refractivity contribution in [3.05, 3.63) is 35.4 Å². The van der Waals surface area contributed by atoms with E-state index < -0.39 is 11.7 Å². The summed E-state index contributed by atoms with van der Waals surface area (Å²) in [6, 6.07) is 5.20. The van der Waals surface area contributed by atoms with Gasteiger partial charge in [0.05, 0.1) is 11.6 Å². The fourth-order valence-electron chi connectivity index (χ4n) is 3.36. The molecule has 0 saturated carbocycles. The van der Waals surface area contributed by atoms with Crippen LogP contribution in [0.3, 0.4) is 0 Å². The van der Waals surface area contributed by atoms with E-state index >= 15 is 0 Å². The first-order chi connectivity index (χ1) is 9.47. The van der Waals surface area contributed by atoms with Crippen molar-refractivity contribution in [2.45, 2.75) is 31.5 Å². The van der Waals surface area contributed by atoms with E-state index in [0.717, 1.165) is 32.0 Å². The Bertz CT molecular complexity index is 518. The maximum Gasteiger partial charge on any atom is 0.416 e. The highest BCUT2D eigenvalue weighted by molar-refractivity contribution is 5.88. The van der Waals surface area contributed by atoms with Crippen LogP contribution in [-0.2, 0) is 17.4 Å². The lowest BCUT2D eigenvalue weighted by molar-refractivity contribution is -0.140. The number of hydrogen-bond acceptors (Lipinski definition) is 2. The molecule has 1 aromatic rings. The van der Waals surface area contributed by atoms with Crippen LogP contribution in [0.15, 0.2) is 24.3 Å². The Balaban J connectivity index is 1.87. The van der Waals surface area contributed by atoms with Crippen LogP contribution in [0.4, 0.5) is 13.2 Å². The van der Waals surface area contributed by atoms with E-state index in [9.17, 15) is 18.0 Å². The molecule has 0 N–H and O–H groups in total. The number of halogens is 3. The summed E-state index contributed by atoms with van der Waals surface area (Å²) < 4.78 is 39.0. The Kier molecular flexibility index (Phi) is 3.32. The molecule has 1 aromatic carbocycles. The van der Waals surface area contributed by atoms with E-state index in [1.807, 2.05) is 4.90 Å². The van der Waals surface area contributed by atoms with E-state index in [1.54, 1.807) is 6.07 Å². The van der Waals surface area contributed by atoms with Gasteiger partial charge in [0.2, 0.25) is 0 Å². The molecule has 3 aliphatic rings. The van der Waals surface area contributed by atoms with Gasteiger partial charge >= 0.3 is 6.18 Å². The van der Waals surface area contributed by atoms with E-state index in [1.165, 1.54) is 12.1 Å². The zero-order valence-corrected chi connectivity index (χ0v) is 11.0. The van der Waals surface area contributed by atoms with Gasteiger partial charge in [-0.05, 0) is 44.0 Å². The molecule has 2 bridgehead atoms. The molecule has 0 spiro atoms. The number of ketones is 1. The summed E-state index contributed by atoms with van der Waals surface area (Å²) >= 11 is 0. The Labute approximate surface area is 115 Å². The van der Waals surface area contributed by atoms with Crippen molar-refractivity contribution >= 4 is 5.78 Å². The van der Waals surface area contributed by atoms with Crippen molar-refractivity contribution in [1.82, 2.24) is 4.90 Å². The number of piperidine rings is 3. The predicted molar refractivity (Wildman–Crippen MR) is 68.2 cm³/mol. The first kappa shape index (κ1) is 13.6. The van der Waals surface area contributed by atoms with Gasteiger partial charge in [-0.25, -0.2) is 0 Å². The molecule has 20 heavy (non-hydrogen) atoms. The molecule has 1 unspecified atom stereocenters. The second kappa shape index (κ2) is 4.88. The molecule has 0 radical (unpaired) electrons. The number of alkyl halides is 3. The van der Waals surface area contributed by atoms with Crippen molar-refractivity contribution in [1.29, 1.82) is 0 Å². The number of benzene rings is 1. The second-order valence-electron chi connectivity index (χ2n) is 5.59. The van der Waals surface area contributed by atoms with Crippen molar-refractivity contribution in [2.24, 2.45) is 5.92 Å². The van der Waals surface area contributed by atoms with E-state index in [-0.39, 0.29) is 29.7 Å². The highest BCUT2D eigenvalue weighted by Crippen LogP contribution is 2.35. The first-order valence-corrected chi connectivity index (χ1v) is 6.89. The minimum atomic E-state index is -4.36. The lowest BCUT2D eigenvalue weighted by atomic mass is 9.79. The van der Waals surface area contributed by atoms with Gasteiger partial charge in [0.25, 0.3) is 0 Å². The first-order valence-electron chi connectivity index (χ1n) is 6.89. The van der Waals surface area contributed by atoms with E-state index in [4.69, 9.17) is 0 Å². The van der Waals surface area contributed by atoms with Gasteiger partial charge in [0.15, 0.2) is 5.78 Å². The van der Waals surface area contributed by atoms with Gasteiger partial charge < -0.3 is 0 Å². The number of carbonyl (C=O) groups is 1. The Hall–Kier alpha value is -1.36. The molecule has 0 amide bonds. The fraction of sp³-hybridized carbons (Fsp3) is 0.533. The maximum atomic E-state index is 13.0. The second-order valence-corrected chi connectivity index (χ2v) is 5.59. The van der Waals surface area contributed by atoms with Gasteiger partial charge in [0.1, 0.15) is 0 Å². The normalized spacial score (nSPS) is 29.8. The number of rotatable bonds is 2. The maximum absolute atomic E-state index is 13.0. The van der Waals surface area contributed by atoms with Crippen LogP contribution in [0, 0.1) is 5.92 Å². The molecule has 2 nitrogen and oxygen atoms in total. The smallest absolute Gasteiger partial charge is 0.298 e. The summed E-state index contributed by atoms with van der Waals surface area (Å²) in [6.07, 6.45) is -2.47. The van der Waals surface area contributed by atoms with Crippen LogP contribution in [0.5, 0.6) is 0 Å². The van der Waals surface area contributed by atoms with Crippen molar-refractivity contribution in [3.8, 4) is 0 Å². The molecule has 0 aromatic heterocycles. The van der Waals surface area contributed by atoms with E-state index in [0.29, 0.717) is 0 Å². The van der Waals surface area contributed by atoms with Crippen molar-refractivity contribution < 1.29 is 18.0 Å². The third-order valence-electron chi connectivity index (χ3n) is 4.44. The number of Topliss-reactive ketones (excluding diaryl/α,β-unsaturated/α-hetero) is 1. The van der Waals surface area contributed by atoms with Crippen LogP contribution in [0.2, 0.25) is 0 Å². The lowest BCUT2D eigenvalue weighted by Crippen LogP contribution is -2.56. The van der Waals surface area contributed by atoms with Crippen LogP contribution in [-0.4, -0.2) is 29.8 Å². The van der Waals surface area contributed by atoms with Crippen LogP contribution in [0.1, 0.15) is 24.0 Å². The number of nitrogens with zero attached hydrogens (tertiary/aromatic N) is 1. The summed E-state index contributed by atoms with van der Waals surface area (Å²) in [6.45, 7) is 1.66. The van der Waals surface area contributed by atoms with Crippen molar-refractivity contribution in [3.63, 3.8) is 0 Å². The van der Waals surface area contributed by atoms with E-state index in [2.05, 4.69) is 0 Å². The topological polar surface area (TPSA) is 20.3 Å². The number of fused-ring (bicyclic) bond motifs is 3. The SMILES string of the molecule is O=C1C2CCN(CC2)C1Cc1ccccc1C(F)(F)F. The fourth-order valence-corrected chi connectivity index (χ4v) is 3.36. The van der Waals surface area contributed by atoms with Crippen LogP contribution < -0.4 is 0 Å². The van der Waals surface area contributed by atoms with Crippen molar-refractivity contribution in [2.75, 3.05) is 13.1 Å². The third kappa shape index (κ3) is 2.35. The summed E-state index contributed by atoms with van der Waals surface area (Å²) in [5, 5.41) is 0. The largest absolute Gasteiger partial charge is 0.416 e. The summed E-state index contributed by atoms with van der Waals surface area (Å²) in [5.41, 5.74) is -0.388. The summed E-state index contributed by atoms with van der Waals surface area (Å²) in [7, 11) is 0. The van der Waals surface area contributed by atoms with Crippen LogP contribution >= 0.6 is 0 Å². The highest BCUT2D eigenvalue weighted by atomic mass is 19.4. The average Bonchev–Trinajstić information content (AvgIpc) is 2.43. The zero-order chi connectivity index (χ0) is 14.3.